The number of hydrogen-bond acceptors (Lipinski definition) is 5. The topological polar surface area (TPSA) is 65.1 Å². The van der Waals surface area contributed by atoms with E-state index in [-0.39, 0.29) is 24.3 Å². The molecule has 0 spiro atoms. The second-order valence-corrected chi connectivity index (χ2v) is 7.44. The summed E-state index contributed by atoms with van der Waals surface area (Å²) in [6, 6.07) is 12.9. The Morgan fingerprint density at radius 3 is 2.40 bits per heavy atom. The first-order valence-electron chi connectivity index (χ1n) is 10.3. The van der Waals surface area contributed by atoms with Crippen molar-refractivity contribution in [1.29, 1.82) is 0 Å². The van der Waals surface area contributed by atoms with Gasteiger partial charge in [-0.3, -0.25) is 9.59 Å². The molecule has 0 unspecified atom stereocenters. The van der Waals surface area contributed by atoms with Gasteiger partial charge in [-0.25, -0.2) is 0 Å². The molecule has 1 aliphatic heterocycles. The van der Waals surface area contributed by atoms with Crippen molar-refractivity contribution in [1.82, 2.24) is 4.90 Å². The molecule has 30 heavy (non-hydrogen) atoms. The Balaban J connectivity index is 1.74. The van der Waals surface area contributed by atoms with E-state index in [2.05, 4.69) is 0 Å². The lowest BCUT2D eigenvalue weighted by Gasteiger charge is -2.30. The highest BCUT2D eigenvalue weighted by molar-refractivity contribution is 5.94. The summed E-state index contributed by atoms with van der Waals surface area (Å²) in [6.07, 6.45) is 4.10. The molecule has 2 aromatic carbocycles. The van der Waals surface area contributed by atoms with Crippen LogP contribution >= 0.6 is 0 Å². The standard InChI is InChI=1S/C24H29NO5/c1-17(26)19-10-13-22(23(15-19)29-3)30-16-24(27)25-14-6-4-5-7-21(25)18-8-11-20(28-2)12-9-18/h8-13,15,21H,4-7,14,16H2,1-3H3/t21-/m0/s1. The first-order chi connectivity index (χ1) is 14.5. The first-order valence-corrected chi connectivity index (χ1v) is 10.3. The molecule has 6 nitrogen and oxygen atoms in total. The smallest absolute Gasteiger partial charge is 0.261 e. The number of carbonyl (C=O) groups is 2. The Morgan fingerprint density at radius 1 is 0.967 bits per heavy atom. The van der Waals surface area contributed by atoms with Gasteiger partial charge in [0.15, 0.2) is 23.9 Å². The lowest BCUT2D eigenvalue weighted by molar-refractivity contribution is -0.135. The molecule has 0 N–H and O–H groups in total. The number of carbonyl (C=O) groups excluding carboxylic acids is 2. The van der Waals surface area contributed by atoms with Crippen molar-refractivity contribution >= 4 is 11.7 Å². The lowest BCUT2D eigenvalue weighted by atomic mass is 10.0. The van der Waals surface area contributed by atoms with Crippen molar-refractivity contribution in [2.45, 2.75) is 38.6 Å². The highest BCUT2D eigenvalue weighted by atomic mass is 16.5. The fourth-order valence-electron chi connectivity index (χ4n) is 3.81. The summed E-state index contributed by atoms with van der Waals surface area (Å²) in [7, 11) is 3.16. The van der Waals surface area contributed by atoms with Crippen LogP contribution < -0.4 is 14.2 Å². The molecule has 1 atom stereocenters. The molecular weight excluding hydrogens is 382 g/mol. The number of likely N-dealkylation sites (tertiary alicyclic amines) is 1. The van der Waals surface area contributed by atoms with E-state index in [0.29, 0.717) is 23.6 Å². The molecule has 160 valence electrons. The van der Waals surface area contributed by atoms with Gasteiger partial charge in [0.1, 0.15) is 5.75 Å². The zero-order valence-electron chi connectivity index (χ0n) is 17.8. The number of rotatable bonds is 7. The van der Waals surface area contributed by atoms with Crippen molar-refractivity contribution in [2.75, 3.05) is 27.4 Å². The zero-order chi connectivity index (χ0) is 21.5. The fourth-order valence-corrected chi connectivity index (χ4v) is 3.81. The van der Waals surface area contributed by atoms with Gasteiger partial charge in [-0.1, -0.05) is 25.0 Å². The maximum absolute atomic E-state index is 13.1. The number of benzene rings is 2. The molecule has 0 saturated carbocycles. The first kappa shape index (κ1) is 21.7. The van der Waals surface area contributed by atoms with Crippen molar-refractivity contribution in [2.24, 2.45) is 0 Å². The van der Waals surface area contributed by atoms with Crippen LogP contribution in [0.25, 0.3) is 0 Å². The third kappa shape index (κ3) is 5.12. The second kappa shape index (κ2) is 10.1. The molecule has 1 fully saturated rings. The van der Waals surface area contributed by atoms with E-state index >= 15 is 0 Å². The SMILES string of the molecule is COc1ccc([C@@H]2CCCCCN2C(=O)COc2ccc(C(C)=O)cc2OC)cc1. The van der Waals surface area contributed by atoms with Crippen LogP contribution in [0.15, 0.2) is 42.5 Å². The Labute approximate surface area is 177 Å². The molecule has 1 saturated heterocycles. The Morgan fingerprint density at radius 2 is 1.73 bits per heavy atom. The number of ether oxygens (including phenoxy) is 3. The van der Waals surface area contributed by atoms with Crippen molar-refractivity contribution in [3.05, 3.63) is 53.6 Å². The largest absolute Gasteiger partial charge is 0.497 e. The van der Waals surface area contributed by atoms with Gasteiger partial charge < -0.3 is 19.1 Å². The Kier molecular flexibility index (Phi) is 7.33. The monoisotopic (exact) mass is 411 g/mol. The van der Waals surface area contributed by atoms with Crippen molar-refractivity contribution < 1.29 is 23.8 Å². The van der Waals surface area contributed by atoms with Crippen LogP contribution in [-0.4, -0.2) is 44.0 Å². The number of nitrogens with zero attached hydrogens (tertiary/aromatic N) is 1. The van der Waals surface area contributed by atoms with Crippen LogP contribution in [0.2, 0.25) is 0 Å². The van der Waals surface area contributed by atoms with Crippen LogP contribution in [0.4, 0.5) is 0 Å². The fraction of sp³-hybridized carbons (Fsp3) is 0.417. The summed E-state index contributed by atoms with van der Waals surface area (Å²) < 4.78 is 16.4. The van der Waals surface area contributed by atoms with Crippen LogP contribution in [0.5, 0.6) is 17.2 Å². The summed E-state index contributed by atoms with van der Waals surface area (Å²) in [4.78, 5) is 26.6. The van der Waals surface area contributed by atoms with Crippen molar-refractivity contribution in [3.63, 3.8) is 0 Å². The highest BCUT2D eigenvalue weighted by Gasteiger charge is 2.27. The van der Waals surface area contributed by atoms with Gasteiger partial charge in [0, 0.05) is 12.1 Å². The molecular formula is C24H29NO5. The minimum atomic E-state index is -0.0809. The number of methoxy groups -OCH3 is 2. The average Bonchev–Trinajstić information content (AvgIpc) is 3.03. The second-order valence-electron chi connectivity index (χ2n) is 7.44. The maximum atomic E-state index is 13.1. The number of hydrogen-bond donors (Lipinski definition) is 0. The van der Waals surface area contributed by atoms with Gasteiger partial charge in [0.2, 0.25) is 0 Å². The molecule has 0 radical (unpaired) electrons. The van der Waals surface area contributed by atoms with E-state index in [9.17, 15) is 9.59 Å². The third-order valence-corrected chi connectivity index (χ3v) is 5.50. The van der Waals surface area contributed by atoms with E-state index in [1.54, 1.807) is 25.3 Å². The molecule has 2 aromatic rings. The lowest BCUT2D eigenvalue weighted by Crippen LogP contribution is -2.38. The highest BCUT2D eigenvalue weighted by Crippen LogP contribution is 2.32. The maximum Gasteiger partial charge on any atom is 0.261 e. The molecule has 0 bridgehead atoms. The Bertz CT molecular complexity index is 878. The third-order valence-electron chi connectivity index (χ3n) is 5.50. The van der Waals surface area contributed by atoms with E-state index in [0.717, 1.165) is 37.0 Å². The molecule has 6 heteroatoms. The summed E-state index contributed by atoms with van der Waals surface area (Å²) in [5.74, 6) is 1.58. The Hall–Kier alpha value is -3.02. The number of ketones is 1. The molecule has 1 aliphatic rings. The van der Waals surface area contributed by atoms with E-state index in [1.807, 2.05) is 29.2 Å². The van der Waals surface area contributed by atoms with Gasteiger partial charge in [-0.05, 0) is 55.7 Å². The van der Waals surface area contributed by atoms with Crippen LogP contribution in [0.1, 0.15) is 54.6 Å². The van der Waals surface area contributed by atoms with Crippen LogP contribution in [0, 0.1) is 0 Å². The van der Waals surface area contributed by atoms with Gasteiger partial charge >= 0.3 is 0 Å². The van der Waals surface area contributed by atoms with E-state index < -0.39 is 0 Å². The molecule has 0 aromatic heterocycles. The van der Waals surface area contributed by atoms with E-state index in [1.165, 1.54) is 14.0 Å². The van der Waals surface area contributed by atoms with E-state index in [4.69, 9.17) is 14.2 Å². The van der Waals surface area contributed by atoms with Gasteiger partial charge in [0.25, 0.3) is 5.91 Å². The molecule has 1 amide bonds. The normalized spacial score (nSPS) is 16.5. The van der Waals surface area contributed by atoms with Crippen LogP contribution in [0.3, 0.4) is 0 Å². The minimum absolute atomic E-state index is 0.0245. The van der Waals surface area contributed by atoms with Gasteiger partial charge in [-0.15, -0.1) is 0 Å². The van der Waals surface area contributed by atoms with Gasteiger partial charge in [0.05, 0.1) is 20.3 Å². The number of amides is 1. The average molecular weight is 411 g/mol. The van der Waals surface area contributed by atoms with Gasteiger partial charge in [-0.2, -0.15) is 0 Å². The molecule has 1 heterocycles. The number of Topliss-reactive ketones (excluding diaryl/α,β-unsaturated/α-hetero) is 1. The minimum Gasteiger partial charge on any atom is -0.497 e. The molecule has 3 rings (SSSR count). The summed E-state index contributed by atoms with van der Waals surface area (Å²) >= 11 is 0. The van der Waals surface area contributed by atoms with Crippen molar-refractivity contribution in [3.8, 4) is 17.2 Å². The zero-order valence-corrected chi connectivity index (χ0v) is 17.8. The molecule has 0 aliphatic carbocycles. The quantitative estimate of drug-likeness (QED) is 0.631. The predicted molar refractivity (Wildman–Crippen MR) is 114 cm³/mol. The summed E-state index contributed by atoms with van der Waals surface area (Å²) in [5.41, 5.74) is 1.65. The summed E-state index contributed by atoms with van der Waals surface area (Å²) in [6.45, 7) is 2.12. The summed E-state index contributed by atoms with van der Waals surface area (Å²) in [5, 5.41) is 0. The van der Waals surface area contributed by atoms with Crippen LogP contribution in [-0.2, 0) is 4.79 Å². The predicted octanol–water partition coefficient (Wildman–Crippen LogP) is 4.43.